The third-order valence-corrected chi connectivity index (χ3v) is 3.71. The average molecular weight is 270 g/mol. The fourth-order valence-corrected chi connectivity index (χ4v) is 2.34. The molecule has 2 atom stereocenters. The molecule has 0 aromatic carbocycles. The molecule has 0 fully saturated rings. The van der Waals surface area contributed by atoms with E-state index in [4.69, 9.17) is 0 Å². The molecule has 2 heteroatoms. The second-order valence-electron chi connectivity index (χ2n) is 5.62. The molecular weight excluding hydrogens is 236 g/mol. The van der Waals surface area contributed by atoms with Gasteiger partial charge in [0.15, 0.2) is 0 Å². The molecule has 114 valence electrons. The minimum absolute atomic E-state index is 0.515. The smallest absolute Gasteiger partial charge is 0.0799 e. The lowest BCUT2D eigenvalue weighted by Gasteiger charge is -2.17. The Labute approximate surface area is 119 Å². The van der Waals surface area contributed by atoms with E-state index in [2.05, 4.69) is 13.5 Å². The summed E-state index contributed by atoms with van der Waals surface area (Å²) >= 11 is 0. The van der Waals surface area contributed by atoms with Crippen LogP contribution < -0.4 is 0 Å². The predicted molar refractivity (Wildman–Crippen MR) is 83.3 cm³/mol. The number of aliphatic hydroxyl groups excluding tert-OH is 2. The van der Waals surface area contributed by atoms with E-state index >= 15 is 0 Å². The molecule has 0 radical (unpaired) electrons. The summed E-state index contributed by atoms with van der Waals surface area (Å²) in [6, 6.07) is 0. The maximum atomic E-state index is 9.83. The maximum Gasteiger partial charge on any atom is 0.0799 e. The molecule has 0 saturated heterocycles. The maximum absolute atomic E-state index is 9.83. The van der Waals surface area contributed by atoms with E-state index in [0.717, 1.165) is 44.9 Å². The van der Waals surface area contributed by atoms with E-state index in [1.54, 1.807) is 0 Å². The van der Waals surface area contributed by atoms with Crippen molar-refractivity contribution >= 4 is 0 Å². The molecule has 0 aliphatic rings. The standard InChI is InChI=1S/C17H34O2/c1-3-5-7-8-9-10-11-13-15-17(19)16(18)14-12-6-4-2/h3,16-19H,1,4-15H2,2H3. The summed E-state index contributed by atoms with van der Waals surface area (Å²) in [5.74, 6) is 0. The van der Waals surface area contributed by atoms with Crippen molar-refractivity contribution in [2.75, 3.05) is 0 Å². The van der Waals surface area contributed by atoms with Crippen molar-refractivity contribution in [3.8, 4) is 0 Å². The summed E-state index contributed by atoms with van der Waals surface area (Å²) in [5.41, 5.74) is 0. The van der Waals surface area contributed by atoms with Crippen molar-refractivity contribution in [2.45, 2.75) is 96.2 Å². The molecule has 0 aromatic heterocycles. The molecule has 0 saturated carbocycles. The lowest BCUT2D eigenvalue weighted by molar-refractivity contribution is 0.00718. The molecule has 0 rings (SSSR count). The number of allylic oxidation sites excluding steroid dienone is 1. The second-order valence-corrected chi connectivity index (χ2v) is 5.62. The molecule has 0 aliphatic carbocycles. The molecule has 2 N–H and O–H groups in total. The van der Waals surface area contributed by atoms with Crippen LogP contribution >= 0.6 is 0 Å². The Bertz CT molecular complexity index is 192. The van der Waals surface area contributed by atoms with Crippen LogP contribution in [-0.4, -0.2) is 22.4 Å². The number of unbranched alkanes of at least 4 members (excludes halogenated alkanes) is 8. The van der Waals surface area contributed by atoms with Crippen molar-refractivity contribution in [3.05, 3.63) is 12.7 Å². The van der Waals surface area contributed by atoms with Gasteiger partial charge >= 0.3 is 0 Å². The molecule has 0 spiro atoms. The lowest BCUT2D eigenvalue weighted by Crippen LogP contribution is -2.25. The zero-order valence-corrected chi connectivity index (χ0v) is 12.8. The second kappa shape index (κ2) is 14.1. The predicted octanol–water partition coefficient (Wildman–Crippen LogP) is 4.60. The van der Waals surface area contributed by atoms with Gasteiger partial charge in [0.25, 0.3) is 0 Å². The quantitative estimate of drug-likeness (QED) is 0.358. The van der Waals surface area contributed by atoms with Gasteiger partial charge in [-0.05, 0) is 25.7 Å². The van der Waals surface area contributed by atoms with E-state index in [0.29, 0.717) is 0 Å². The lowest BCUT2D eigenvalue weighted by atomic mass is 10.0. The summed E-state index contributed by atoms with van der Waals surface area (Å²) in [6.07, 6.45) is 14.2. The number of rotatable bonds is 14. The van der Waals surface area contributed by atoms with E-state index in [1.807, 2.05) is 6.08 Å². The first-order valence-electron chi connectivity index (χ1n) is 8.19. The monoisotopic (exact) mass is 270 g/mol. The van der Waals surface area contributed by atoms with E-state index in [-0.39, 0.29) is 0 Å². The number of hydrogen-bond acceptors (Lipinski definition) is 2. The average Bonchev–Trinajstić information content (AvgIpc) is 2.41. The summed E-state index contributed by atoms with van der Waals surface area (Å²) < 4.78 is 0. The zero-order valence-electron chi connectivity index (χ0n) is 12.8. The van der Waals surface area contributed by atoms with Gasteiger partial charge < -0.3 is 10.2 Å². The molecular formula is C17H34O2. The highest BCUT2D eigenvalue weighted by Crippen LogP contribution is 2.14. The highest BCUT2D eigenvalue weighted by Gasteiger charge is 2.14. The van der Waals surface area contributed by atoms with Crippen LogP contribution in [0.3, 0.4) is 0 Å². The van der Waals surface area contributed by atoms with Crippen molar-refractivity contribution in [1.29, 1.82) is 0 Å². The summed E-state index contributed by atoms with van der Waals surface area (Å²) in [7, 11) is 0. The fraction of sp³-hybridized carbons (Fsp3) is 0.882. The minimum Gasteiger partial charge on any atom is -0.390 e. The van der Waals surface area contributed by atoms with E-state index in [9.17, 15) is 10.2 Å². The molecule has 0 aliphatic heterocycles. The van der Waals surface area contributed by atoms with Gasteiger partial charge in [-0.1, -0.05) is 64.4 Å². The van der Waals surface area contributed by atoms with Crippen LogP contribution in [0.4, 0.5) is 0 Å². The third kappa shape index (κ3) is 12.4. The Hall–Kier alpha value is -0.340. The Balaban J connectivity index is 3.31. The Morgan fingerprint density at radius 3 is 1.79 bits per heavy atom. The fourth-order valence-electron chi connectivity index (χ4n) is 2.34. The Kier molecular flexibility index (Phi) is 13.8. The van der Waals surface area contributed by atoms with Gasteiger partial charge in [0.1, 0.15) is 0 Å². The van der Waals surface area contributed by atoms with Gasteiger partial charge in [0, 0.05) is 0 Å². The van der Waals surface area contributed by atoms with Crippen molar-refractivity contribution in [1.82, 2.24) is 0 Å². The molecule has 0 aromatic rings. The van der Waals surface area contributed by atoms with Gasteiger partial charge in [-0.15, -0.1) is 6.58 Å². The first kappa shape index (κ1) is 18.7. The van der Waals surface area contributed by atoms with Crippen molar-refractivity contribution < 1.29 is 10.2 Å². The van der Waals surface area contributed by atoms with Crippen LogP contribution in [0.5, 0.6) is 0 Å². The Morgan fingerprint density at radius 1 is 0.789 bits per heavy atom. The molecule has 0 heterocycles. The van der Waals surface area contributed by atoms with Crippen LogP contribution in [0.25, 0.3) is 0 Å². The van der Waals surface area contributed by atoms with E-state index in [1.165, 1.54) is 32.1 Å². The Morgan fingerprint density at radius 2 is 1.26 bits per heavy atom. The summed E-state index contributed by atoms with van der Waals surface area (Å²) in [5, 5.41) is 19.6. The number of hydrogen-bond donors (Lipinski definition) is 2. The first-order valence-corrected chi connectivity index (χ1v) is 8.19. The van der Waals surface area contributed by atoms with Crippen molar-refractivity contribution in [3.63, 3.8) is 0 Å². The van der Waals surface area contributed by atoms with Crippen LogP contribution in [0, 0.1) is 0 Å². The third-order valence-electron chi connectivity index (χ3n) is 3.71. The normalized spacial score (nSPS) is 14.3. The minimum atomic E-state index is -0.516. The summed E-state index contributed by atoms with van der Waals surface area (Å²) in [6.45, 7) is 5.87. The highest BCUT2D eigenvalue weighted by molar-refractivity contribution is 4.68. The molecule has 2 unspecified atom stereocenters. The van der Waals surface area contributed by atoms with Crippen molar-refractivity contribution in [2.24, 2.45) is 0 Å². The summed E-state index contributed by atoms with van der Waals surface area (Å²) in [4.78, 5) is 0. The number of aliphatic hydroxyl groups is 2. The molecule has 19 heavy (non-hydrogen) atoms. The first-order chi connectivity index (χ1) is 9.22. The highest BCUT2D eigenvalue weighted by atomic mass is 16.3. The van der Waals surface area contributed by atoms with Gasteiger partial charge in [-0.2, -0.15) is 0 Å². The van der Waals surface area contributed by atoms with Gasteiger partial charge in [0.2, 0.25) is 0 Å². The van der Waals surface area contributed by atoms with Gasteiger partial charge in [-0.25, -0.2) is 0 Å². The van der Waals surface area contributed by atoms with Gasteiger partial charge in [-0.3, -0.25) is 0 Å². The SMILES string of the molecule is C=CCCCCCCCCC(O)C(O)CCCCC. The molecule has 2 nitrogen and oxygen atoms in total. The molecule has 0 amide bonds. The zero-order chi connectivity index (χ0) is 14.3. The largest absolute Gasteiger partial charge is 0.390 e. The van der Waals surface area contributed by atoms with Crippen LogP contribution in [0.2, 0.25) is 0 Å². The van der Waals surface area contributed by atoms with Crippen LogP contribution in [0.1, 0.15) is 84.0 Å². The van der Waals surface area contributed by atoms with E-state index < -0.39 is 12.2 Å². The van der Waals surface area contributed by atoms with Crippen LogP contribution in [-0.2, 0) is 0 Å². The van der Waals surface area contributed by atoms with Gasteiger partial charge in [0.05, 0.1) is 12.2 Å². The van der Waals surface area contributed by atoms with Crippen LogP contribution in [0.15, 0.2) is 12.7 Å². The molecule has 0 bridgehead atoms. The topological polar surface area (TPSA) is 40.5 Å².